The minimum Gasteiger partial charge on any atom is -0.396 e. The van der Waals surface area contributed by atoms with Gasteiger partial charge in [0.25, 0.3) is 0 Å². The maximum Gasteiger partial charge on any atom is 0.222 e. The van der Waals surface area contributed by atoms with Crippen LogP contribution in [0.2, 0.25) is 0 Å². The summed E-state index contributed by atoms with van der Waals surface area (Å²) in [7, 11) is 1.61. The summed E-state index contributed by atoms with van der Waals surface area (Å²) in [4.78, 5) is 75.1. The molecule has 0 aromatic rings. The first-order valence-electron chi connectivity index (χ1n) is 33.7. The molecule has 0 aliphatic carbocycles. The van der Waals surface area contributed by atoms with Gasteiger partial charge in [-0.1, -0.05) is 174 Å². The van der Waals surface area contributed by atoms with Crippen LogP contribution < -0.4 is 31.9 Å². The predicted octanol–water partition coefficient (Wildman–Crippen LogP) is 10.6. The van der Waals surface area contributed by atoms with E-state index in [1.54, 1.807) is 7.11 Å². The number of aliphatic hydroxyl groups is 1. The topological polar surface area (TPSA) is 241 Å². The predicted molar refractivity (Wildman–Crippen MR) is 334 cm³/mol. The zero-order valence-electron chi connectivity index (χ0n) is 53.3. The van der Waals surface area contributed by atoms with Crippen molar-refractivity contribution < 1.29 is 57.6 Å². The lowest BCUT2D eigenvalue weighted by molar-refractivity contribution is -0.125. The molecule has 0 heterocycles. The molecule has 18 heteroatoms. The van der Waals surface area contributed by atoms with Crippen LogP contribution in [0, 0.1) is 5.92 Å². The van der Waals surface area contributed by atoms with E-state index < -0.39 is 6.04 Å². The number of amides is 6. The fraction of sp³-hybridized carbons (Fsp3) is 0.908. The van der Waals surface area contributed by atoms with Gasteiger partial charge in [-0.05, 0) is 51.4 Å². The molecule has 18 nitrogen and oxygen atoms in total. The lowest BCUT2D eigenvalue weighted by atomic mass is 10.0. The number of methoxy groups -OCH3 is 1. The van der Waals surface area contributed by atoms with Gasteiger partial charge < -0.3 is 60.7 Å². The zero-order valence-corrected chi connectivity index (χ0v) is 53.3. The van der Waals surface area contributed by atoms with Crippen LogP contribution in [0.5, 0.6) is 0 Å². The smallest absolute Gasteiger partial charge is 0.222 e. The van der Waals surface area contributed by atoms with E-state index in [9.17, 15) is 33.9 Å². The molecule has 0 aliphatic rings. The second-order valence-corrected chi connectivity index (χ2v) is 22.8. The number of carbonyl (C=O) groups excluding carboxylic acids is 6. The summed E-state index contributed by atoms with van der Waals surface area (Å²) in [6.45, 7) is 10.0. The standard InChI is InChI=1S/C65H126N6O12/c1-4-6-8-10-12-14-16-18-20-22-24-26-28-37-60(73)69-45-49-82-53-51-80-47-40-62(75)66-42-33-31-36-59(55-65(78)68-43-32-30-35-58(56-72)57-79-3)71-64(77)39-34-44-67-63(76)41-48-81-52-54-83-50-46-70-61(74)38-29-27-25-23-21-19-17-15-13-11-9-7-5-2/h58-59,72H,4-57H2,1-3H3,(H,66,75)(H,67,76)(H,68,78)(H,69,73)(H,70,74)(H,71,77)/t58?,59-/m0/s1. The molecule has 0 bridgehead atoms. The summed E-state index contributed by atoms with van der Waals surface area (Å²) in [5.74, 6) is -0.461. The Labute approximate surface area is 505 Å². The van der Waals surface area contributed by atoms with Gasteiger partial charge in [0.1, 0.15) is 0 Å². The fourth-order valence-electron chi connectivity index (χ4n) is 9.75. The quantitative estimate of drug-likeness (QED) is 0.0282. The monoisotopic (exact) mass is 1180 g/mol. The van der Waals surface area contributed by atoms with E-state index >= 15 is 0 Å². The minimum atomic E-state index is -0.396. The van der Waals surface area contributed by atoms with Gasteiger partial charge in [-0.15, -0.1) is 0 Å². The molecular formula is C65H126N6O12. The number of hydrogen-bond acceptors (Lipinski definition) is 12. The van der Waals surface area contributed by atoms with Gasteiger partial charge in [0, 0.05) is 96.9 Å². The fourth-order valence-corrected chi connectivity index (χ4v) is 9.75. The first kappa shape index (κ1) is 79.6. The molecule has 0 aromatic carbocycles. The highest BCUT2D eigenvalue weighted by Crippen LogP contribution is 2.15. The van der Waals surface area contributed by atoms with Crippen molar-refractivity contribution in [2.24, 2.45) is 5.92 Å². The highest BCUT2D eigenvalue weighted by Gasteiger charge is 2.17. The third-order valence-corrected chi connectivity index (χ3v) is 14.9. The number of ether oxygens (including phenoxy) is 5. The van der Waals surface area contributed by atoms with Gasteiger partial charge >= 0.3 is 0 Å². The van der Waals surface area contributed by atoms with Crippen LogP contribution in [-0.2, 0) is 52.5 Å². The Hall–Kier alpha value is -3.42. The van der Waals surface area contributed by atoms with E-state index in [1.807, 2.05) is 0 Å². The molecular weight excluding hydrogens is 1060 g/mol. The van der Waals surface area contributed by atoms with E-state index in [1.165, 1.54) is 141 Å². The Bertz CT molecular complexity index is 1500. The summed E-state index contributed by atoms with van der Waals surface area (Å²) in [6, 6.07) is -0.396. The molecule has 83 heavy (non-hydrogen) atoms. The second kappa shape index (κ2) is 64.6. The van der Waals surface area contributed by atoms with Crippen LogP contribution in [0.25, 0.3) is 0 Å². The van der Waals surface area contributed by atoms with Crippen molar-refractivity contribution >= 4 is 35.4 Å². The molecule has 1 unspecified atom stereocenters. The van der Waals surface area contributed by atoms with Crippen molar-refractivity contribution in [3.05, 3.63) is 0 Å². The van der Waals surface area contributed by atoms with E-state index in [2.05, 4.69) is 45.7 Å². The van der Waals surface area contributed by atoms with Gasteiger partial charge in [-0.25, -0.2) is 0 Å². The van der Waals surface area contributed by atoms with Crippen LogP contribution in [0.1, 0.15) is 264 Å². The average Bonchev–Trinajstić information content (AvgIpc) is 3.48. The summed E-state index contributed by atoms with van der Waals surface area (Å²) in [6.07, 6.45) is 39.8. The number of aliphatic hydroxyl groups excluding tert-OH is 1. The maximum atomic E-state index is 13.0. The van der Waals surface area contributed by atoms with Crippen molar-refractivity contribution in [2.75, 3.05) is 106 Å². The van der Waals surface area contributed by atoms with Crippen LogP contribution in [0.4, 0.5) is 0 Å². The van der Waals surface area contributed by atoms with Gasteiger partial charge in [-0.3, -0.25) is 28.8 Å². The van der Waals surface area contributed by atoms with E-state index in [0.717, 1.165) is 44.9 Å². The largest absolute Gasteiger partial charge is 0.396 e. The Morgan fingerprint density at radius 2 is 0.675 bits per heavy atom. The number of unbranched alkanes of at least 4 members (excludes halogenated alkanes) is 26. The molecule has 0 saturated heterocycles. The Morgan fingerprint density at radius 3 is 1.08 bits per heavy atom. The summed E-state index contributed by atoms with van der Waals surface area (Å²) >= 11 is 0. The van der Waals surface area contributed by atoms with Gasteiger partial charge in [0.05, 0.1) is 59.5 Å². The van der Waals surface area contributed by atoms with Crippen molar-refractivity contribution in [1.82, 2.24) is 31.9 Å². The van der Waals surface area contributed by atoms with Crippen LogP contribution in [0.3, 0.4) is 0 Å². The van der Waals surface area contributed by atoms with Crippen molar-refractivity contribution in [3.8, 4) is 0 Å². The van der Waals surface area contributed by atoms with E-state index in [-0.39, 0.29) is 86.9 Å². The van der Waals surface area contributed by atoms with E-state index in [0.29, 0.717) is 117 Å². The summed E-state index contributed by atoms with van der Waals surface area (Å²) in [5, 5.41) is 27.1. The molecule has 0 radical (unpaired) electrons. The number of hydrogen-bond donors (Lipinski definition) is 7. The first-order chi connectivity index (χ1) is 40.6. The second-order valence-electron chi connectivity index (χ2n) is 22.8. The molecule has 0 aromatic heterocycles. The minimum absolute atomic E-state index is 0.0577. The summed E-state index contributed by atoms with van der Waals surface area (Å²) < 4.78 is 27.4. The SMILES string of the molecule is CCCCCCCCCCCCCCCC(=O)NCCOCCOCCC(=O)NCCCC[C@@H](CC(=O)NCCCCC(CO)COC)NC(=O)CCCNC(=O)CCOCCOCCNC(=O)CCCCCCCCCCCCCCC. The third-order valence-electron chi connectivity index (χ3n) is 14.9. The van der Waals surface area contributed by atoms with Crippen LogP contribution >= 0.6 is 0 Å². The van der Waals surface area contributed by atoms with Gasteiger partial charge in [-0.2, -0.15) is 0 Å². The number of nitrogens with one attached hydrogen (secondary N) is 6. The highest BCUT2D eigenvalue weighted by molar-refractivity contribution is 5.80. The van der Waals surface area contributed by atoms with Crippen LogP contribution in [-0.4, -0.2) is 152 Å². The molecule has 0 aliphatic heterocycles. The highest BCUT2D eigenvalue weighted by atomic mass is 16.5. The van der Waals surface area contributed by atoms with Crippen LogP contribution in [0.15, 0.2) is 0 Å². The number of rotatable bonds is 66. The van der Waals surface area contributed by atoms with Crippen molar-refractivity contribution in [1.29, 1.82) is 0 Å². The third kappa shape index (κ3) is 61.5. The first-order valence-corrected chi connectivity index (χ1v) is 33.7. The molecule has 0 rings (SSSR count). The summed E-state index contributed by atoms with van der Waals surface area (Å²) in [5.41, 5.74) is 0. The molecule has 6 amide bonds. The molecule has 0 fully saturated rings. The molecule has 488 valence electrons. The molecule has 0 saturated carbocycles. The lowest BCUT2D eigenvalue weighted by Gasteiger charge is -2.19. The molecule has 2 atom stereocenters. The zero-order chi connectivity index (χ0) is 60.6. The Balaban J connectivity index is 4.20. The van der Waals surface area contributed by atoms with Crippen molar-refractivity contribution in [2.45, 2.75) is 270 Å². The average molecular weight is 1180 g/mol. The Morgan fingerprint density at radius 1 is 0.337 bits per heavy atom. The Kier molecular flexibility index (Phi) is 61.9. The van der Waals surface area contributed by atoms with Gasteiger partial charge in [0.2, 0.25) is 35.4 Å². The normalized spacial score (nSPS) is 12.0. The lowest BCUT2D eigenvalue weighted by Crippen LogP contribution is -2.39. The number of carbonyl (C=O) groups is 6. The van der Waals surface area contributed by atoms with Gasteiger partial charge in [0.15, 0.2) is 0 Å². The molecule has 0 spiro atoms. The van der Waals surface area contributed by atoms with Crippen molar-refractivity contribution in [3.63, 3.8) is 0 Å². The molecule has 7 N–H and O–H groups in total. The maximum absolute atomic E-state index is 13.0. The van der Waals surface area contributed by atoms with E-state index in [4.69, 9.17) is 23.7 Å².